The lowest BCUT2D eigenvalue weighted by Crippen LogP contribution is -2.29. The van der Waals surface area contributed by atoms with Crippen molar-refractivity contribution >= 4 is 0 Å². The summed E-state index contributed by atoms with van der Waals surface area (Å²) in [7, 11) is 2.06. The van der Waals surface area contributed by atoms with Crippen LogP contribution in [-0.4, -0.2) is 17.1 Å². The van der Waals surface area contributed by atoms with Crippen LogP contribution in [0.1, 0.15) is 34.4 Å². The highest BCUT2D eigenvalue weighted by molar-refractivity contribution is 5.29. The van der Waals surface area contributed by atoms with Crippen LogP contribution >= 0.6 is 0 Å². The van der Waals surface area contributed by atoms with Crippen LogP contribution in [0.4, 0.5) is 0 Å². The third-order valence-electron chi connectivity index (χ3n) is 5.66. The van der Waals surface area contributed by atoms with Gasteiger partial charge in [0.1, 0.15) is 12.4 Å². The van der Waals surface area contributed by atoms with Crippen LogP contribution in [0.3, 0.4) is 0 Å². The first kappa shape index (κ1) is 21.8. The molecule has 0 unspecified atom stereocenters. The zero-order valence-electron chi connectivity index (χ0n) is 18.3. The first-order chi connectivity index (χ1) is 15.7. The van der Waals surface area contributed by atoms with Gasteiger partial charge in [0.15, 0.2) is 0 Å². The second kappa shape index (κ2) is 10.8. The molecule has 1 N–H and O–H groups in total. The lowest BCUT2D eigenvalue weighted by molar-refractivity contribution is 0.0579. The number of aliphatic hydroxyl groups excluding tert-OH is 1. The summed E-state index contributed by atoms with van der Waals surface area (Å²) in [5.41, 5.74) is 4.32. The molecule has 162 valence electrons. The summed E-state index contributed by atoms with van der Waals surface area (Å²) in [4.78, 5) is 2.20. The maximum absolute atomic E-state index is 11.2. The van der Waals surface area contributed by atoms with Crippen LogP contribution in [0.5, 0.6) is 5.75 Å². The molecule has 0 aliphatic carbocycles. The Kier molecular flexibility index (Phi) is 7.34. The molecule has 4 aromatic rings. The molecule has 4 rings (SSSR count). The van der Waals surface area contributed by atoms with Crippen molar-refractivity contribution in [2.45, 2.75) is 25.3 Å². The SMILES string of the molecule is CN(Cc1ccc(OCc2ccccc2)cc1)[C@@H](c1ccccc1)[C@H](O)c1ccccc1. The van der Waals surface area contributed by atoms with Crippen LogP contribution in [0.2, 0.25) is 0 Å². The molecule has 0 saturated carbocycles. The Labute approximate surface area is 190 Å². The molecule has 0 heterocycles. The Morgan fingerprint density at radius 3 is 1.78 bits per heavy atom. The standard InChI is InChI=1S/C29H29NO2/c1-30(21-23-17-19-27(20-18-23)32-22-24-11-5-2-6-12-24)28(25-13-7-3-8-14-25)29(31)26-15-9-4-10-16-26/h2-20,28-29,31H,21-22H2,1H3/t28-,29+/m0/s1. The van der Waals surface area contributed by atoms with Crippen molar-refractivity contribution in [1.82, 2.24) is 4.90 Å². The molecule has 3 nitrogen and oxygen atoms in total. The zero-order valence-corrected chi connectivity index (χ0v) is 18.3. The van der Waals surface area contributed by atoms with Gasteiger partial charge in [-0.2, -0.15) is 0 Å². The third-order valence-corrected chi connectivity index (χ3v) is 5.66. The highest BCUT2D eigenvalue weighted by Crippen LogP contribution is 2.34. The van der Waals surface area contributed by atoms with Gasteiger partial charge in [0.25, 0.3) is 0 Å². The summed E-state index contributed by atoms with van der Waals surface area (Å²) in [5, 5.41) is 11.2. The van der Waals surface area contributed by atoms with Crippen molar-refractivity contribution in [3.63, 3.8) is 0 Å². The van der Waals surface area contributed by atoms with Gasteiger partial charge in [-0.3, -0.25) is 4.90 Å². The summed E-state index contributed by atoms with van der Waals surface area (Å²) in [6.07, 6.45) is -0.628. The molecule has 0 aliphatic rings. The van der Waals surface area contributed by atoms with E-state index in [-0.39, 0.29) is 6.04 Å². The average molecular weight is 424 g/mol. The largest absolute Gasteiger partial charge is 0.489 e. The molecule has 0 saturated heterocycles. The fourth-order valence-corrected chi connectivity index (χ4v) is 3.98. The number of ether oxygens (including phenoxy) is 1. The van der Waals surface area contributed by atoms with Crippen LogP contribution in [0, 0.1) is 0 Å². The maximum atomic E-state index is 11.2. The van der Waals surface area contributed by atoms with Gasteiger partial charge in [0.05, 0.1) is 12.1 Å². The van der Waals surface area contributed by atoms with E-state index in [0.29, 0.717) is 13.2 Å². The van der Waals surface area contributed by atoms with Gasteiger partial charge in [-0.05, 0) is 41.4 Å². The molecule has 2 atom stereocenters. The molecule has 0 aliphatic heterocycles. The number of aliphatic hydroxyl groups is 1. The maximum Gasteiger partial charge on any atom is 0.119 e. The van der Waals surface area contributed by atoms with Gasteiger partial charge >= 0.3 is 0 Å². The van der Waals surface area contributed by atoms with Gasteiger partial charge in [0, 0.05) is 6.54 Å². The lowest BCUT2D eigenvalue weighted by atomic mass is 9.94. The molecular weight excluding hydrogens is 394 g/mol. The number of hydrogen-bond acceptors (Lipinski definition) is 3. The third kappa shape index (κ3) is 5.64. The van der Waals surface area contributed by atoms with E-state index in [0.717, 1.165) is 22.4 Å². The molecule has 0 amide bonds. The smallest absolute Gasteiger partial charge is 0.119 e. The summed E-state index contributed by atoms with van der Waals surface area (Å²) in [5.74, 6) is 0.851. The molecule has 0 bridgehead atoms. The van der Waals surface area contributed by atoms with E-state index in [2.05, 4.69) is 48.3 Å². The average Bonchev–Trinajstić information content (AvgIpc) is 2.85. The van der Waals surface area contributed by atoms with E-state index in [1.165, 1.54) is 5.56 Å². The first-order valence-electron chi connectivity index (χ1n) is 10.9. The topological polar surface area (TPSA) is 32.7 Å². The summed E-state index contributed by atoms with van der Waals surface area (Å²) < 4.78 is 5.91. The lowest BCUT2D eigenvalue weighted by Gasteiger charge is -2.33. The monoisotopic (exact) mass is 423 g/mol. The van der Waals surface area contributed by atoms with Crippen LogP contribution in [0.25, 0.3) is 0 Å². The number of nitrogens with zero attached hydrogens (tertiary/aromatic N) is 1. The molecule has 0 radical (unpaired) electrons. The number of likely N-dealkylation sites (N-methyl/N-ethyl adjacent to an activating group) is 1. The van der Waals surface area contributed by atoms with Crippen LogP contribution in [-0.2, 0) is 13.2 Å². The Morgan fingerprint density at radius 2 is 1.19 bits per heavy atom. The van der Waals surface area contributed by atoms with Gasteiger partial charge in [0.2, 0.25) is 0 Å². The van der Waals surface area contributed by atoms with E-state index < -0.39 is 6.10 Å². The Bertz CT molecular complexity index is 1070. The summed E-state index contributed by atoms with van der Waals surface area (Å²) in [6, 6.07) is 38.3. The Balaban J connectivity index is 1.46. The molecule has 32 heavy (non-hydrogen) atoms. The number of benzene rings is 4. The van der Waals surface area contributed by atoms with E-state index in [9.17, 15) is 5.11 Å². The van der Waals surface area contributed by atoms with Crippen molar-refractivity contribution in [2.75, 3.05) is 7.05 Å². The second-order valence-electron chi connectivity index (χ2n) is 8.04. The van der Waals surface area contributed by atoms with Gasteiger partial charge < -0.3 is 9.84 Å². The minimum absolute atomic E-state index is 0.160. The minimum atomic E-state index is -0.628. The highest BCUT2D eigenvalue weighted by Gasteiger charge is 2.26. The predicted octanol–water partition coefficient (Wildman–Crippen LogP) is 6.17. The van der Waals surface area contributed by atoms with Gasteiger partial charge in [-0.1, -0.05) is 103 Å². The molecule has 0 spiro atoms. The van der Waals surface area contributed by atoms with E-state index in [1.807, 2.05) is 78.9 Å². The molecule has 4 aromatic carbocycles. The van der Waals surface area contributed by atoms with E-state index in [1.54, 1.807) is 0 Å². The Morgan fingerprint density at radius 1 is 0.656 bits per heavy atom. The highest BCUT2D eigenvalue weighted by atomic mass is 16.5. The normalized spacial score (nSPS) is 13.0. The van der Waals surface area contributed by atoms with Crippen molar-refractivity contribution in [1.29, 1.82) is 0 Å². The quantitative estimate of drug-likeness (QED) is 0.349. The fraction of sp³-hybridized carbons (Fsp3) is 0.172. The van der Waals surface area contributed by atoms with Crippen molar-refractivity contribution in [3.05, 3.63) is 138 Å². The van der Waals surface area contributed by atoms with Gasteiger partial charge in [-0.15, -0.1) is 0 Å². The van der Waals surface area contributed by atoms with Crippen molar-refractivity contribution in [2.24, 2.45) is 0 Å². The number of rotatable bonds is 9. The van der Waals surface area contributed by atoms with Crippen molar-refractivity contribution < 1.29 is 9.84 Å². The van der Waals surface area contributed by atoms with E-state index in [4.69, 9.17) is 4.74 Å². The van der Waals surface area contributed by atoms with E-state index >= 15 is 0 Å². The Hall–Kier alpha value is -3.40. The molecule has 0 aromatic heterocycles. The molecular formula is C29H29NO2. The molecule has 3 heteroatoms. The summed E-state index contributed by atoms with van der Waals surface area (Å²) >= 11 is 0. The minimum Gasteiger partial charge on any atom is -0.489 e. The van der Waals surface area contributed by atoms with Crippen LogP contribution in [0.15, 0.2) is 115 Å². The van der Waals surface area contributed by atoms with Crippen LogP contribution < -0.4 is 4.74 Å². The summed E-state index contributed by atoms with van der Waals surface area (Å²) in [6.45, 7) is 1.27. The van der Waals surface area contributed by atoms with Crippen molar-refractivity contribution in [3.8, 4) is 5.75 Å². The number of hydrogen-bond donors (Lipinski definition) is 1. The predicted molar refractivity (Wildman–Crippen MR) is 129 cm³/mol. The van der Waals surface area contributed by atoms with Gasteiger partial charge in [-0.25, -0.2) is 0 Å². The second-order valence-corrected chi connectivity index (χ2v) is 8.04. The molecule has 0 fully saturated rings. The zero-order chi connectivity index (χ0) is 22.2. The fourth-order valence-electron chi connectivity index (χ4n) is 3.98. The first-order valence-corrected chi connectivity index (χ1v) is 10.9.